The molecule has 0 spiro atoms. The third kappa shape index (κ3) is 9.96. The molecule has 0 saturated heterocycles. The minimum absolute atomic E-state index is 0.118. The Labute approximate surface area is 88.4 Å². The van der Waals surface area contributed by atoms with Crippen LogP contribution in [0.5, 0.6) is 0 Å². The summed E-state index contributed by atoms with van der Waals surface area (Å²) in [6, 6.07) is 0. The van der Waals surface area contributed by atoms with Gasteiger partial charge in [0.15, 0.2) is 0 Å². The van der Waals surface area contributed by atoms with Gasteiger partial charge in [-0.15, -0.1) is 0 Å². The van der Waals surface area contributed by atoms with E-state index in [1.54, 1.807) is 7.11 Å². The lowest BCUT2D eigenvalue weighted by Crippen LogP contribution is -2.33. The summed E-state index contributed by atoms with van der Waals surface area (Å²) >= 11 is 0. The lowest BCUT2D eigenvalue weighted by atomic mass is 10.3. The lowest BCUT2D eigenvalue weighted by Gasteiger charge is -2.21. The minimum Gasteiger partial charge on any atom is -0.383 e. The molecule has 0 atom stereocenters. The van der Waals surface area contributed by atoms with Gasteiger partial charge in [0.25, 0.3) is 0 Å². The fourth-order valence-corrected chi connectivity index (χ4v) is 1.24. The Kier molecular flexibility index (Phi) is 7.72. The van der Waals surface area contributed by atoms with Gasteiger partial charge in [-0.3, -0.25) is 4.90 Å². The molecule has 0 aliphatic carbocycles. The number of halogens is 3. The average molecular weight is 228 g/mol. The van der Waals surface area contributed by atoms with Crippen LogP contribution in [0.2, 0.25) is 0 Å². The molecule has 92 valence electrons. The molecule has 0 aliphatic heterocycles. The van der Waals surface area contributed by atoms with Crippen molar-refractivity contribution < 1.29 is 17.9 Å². The first-order chi connectivity index (χ1) is 6.99. The number of methoxy groups -OCH3 is 1. The number of nitrogens with two attached hydrogens (primary N) is 1. The SMILES string of the molecule is COCCN(CCN)CCCC(F)(F)F. The predicted molar refractivity (Wildman–Crippen MR) is 52.7 cm³/mol. The van der Waals surface area contributed by atoms with E-state index in [2.05, 4.69) is 0 Å². The van der Waals surface area contributed by atoms with Crippen molar-refractivity contribution in [2.24, 2.45) is 5.73 Å². The van der Waals surface area contributed by atoms with Crippen LogP contribution in [-0.4, -0.2) is 51.0 Å². The van der Waals surface area contributed by atoms with Gasteiger partial charge < -0.3 is 10.5 Å². The second-order valence-corrected chi connectivity index (χ2v) is 3.34. The summed E-state index contributed by atoms with van der Waals surface area (Å²) in [5.41, 5.74) is 5.35. The molecule has 0 saturated carbocycles. The Hall–Kier alpha value is -0.330. The molecular weight excluding hydrogens is 209 g/mol. The molecule has 0 amide bonds. The third-order valence-electron chi connectivity index (χ3n) is 1.99. The van der Waals surface area contributed by atoms with Crippen molar-refractivity contribution >= 4 is 0 Å². The van der Waals surface area contributed by atoms with E-state index >= 15 is 0 Å². The molecule has 6 heteroatoms. The zero-order chi connectivity index (χ0) is 11.7. The van der Waals surface area contributed by atoms with Gasteiger partial charge in [0.1, 0.15) is 0 Å². The smallest absolute Gasteiger partial charge is 0.383 e. The van der Waals surface area contributed by atoms with E-state index in [0.29, 0.717) is 32.8 Å². The first kappa shape index (κ1) is 14.7. The van der Waals surface area contributed by atoms with E-state index < -0.39 is 12.6 Å². The van der Waals surface area contributed by atoms with E-state index in [0.717, 1.165) is 0 Å². The first-order valence-corrected chi connectivity index (χ1v) is 4.97. The Bertz CT molecular complexity index is 153. The molecule has 15 heavy (non-hydrogen) atoms. The first-order valence-electron chi connectivity index (χ1n) is 4.97. The summed E-state index contributed by atoms with van der Waals surface area (Å²) in [5.74, 6) is 0. The van der Waals surface area contributed by atoms with Gasteiger partial charge in [0, 0.05) is 33.2 Å². The highest BCUT2D eigenvalue weighted by Gasteiger charge is 2.26. The van der Waals surface area contributed by atoms with Gasteiger partial charge in [-0.2, -0.15) is 13.2 Å². The van der Waals surface area contributed by atoms with Crippen LogP contribution in [0, 0.1) is 0 Å². The summed E-state index contributed by atoms with van der Waals surface area (Å²) in [7, 11) is 1.57. The molecule has 0 aromatic rings. The van der Waals surface area contributed by atoms with Crippen molar-refractivity contribution in [3.05, 3.63) is 0 Å². The normalized spacial score (nSPS) is 12.4. The van der Waals surface area contributed by atoms with Crippen LogP contribution in [0.1, 0.15) is 12.8 Å². The molecule has 3 nitrogen and oxygen atoms in total. The van der Waals surface area contributed by atoms with E-state index in [9.17, 15) is 13.2 Å². The lowest BCUT2D eigenvalue weighted by molar-refractivity contribution is -0.136. The second-order valence-electron chi connectivity index (χ2n) is 3.34. The number of ether oxygens (including phenoxy) is 1. The maximum Gasteiger partial charge on any atom is 0.389 e. The number of rotatable bonds is 8. The molecule has 0 bridgehead atoms. The minimum atomic E-state index is -4.06. The fourth-order valence-electron chi connectivity index (χ4n) is 1.24. The van der Waals surface area contributed by atoms with Crippen molar-refractivity contribution in [2.75, 3.05) is 39.9 Å². The number of alkyl halides is 3. The highest BCUT2D eigenvalue weighted by atomic mass is 19.4. The topological polar surface area (TPSA) is 38.5 Å². The fraction of sp³-hybridized carbons (Fsp3) is 1.00. The Morgan fingerprint density at radius 2 is 1.87 bits per heavy atom. The molecule has 0 heterocycles. The summed E-state index contributed by atoms with van der Waals surface area (Å²) in [4.78, 5) is 1.88. The van der Waals surface area contributed by atoms with Crippen LogP contribution >= 0.6 is 0 Å². The van der Waals surface area contributed by atoms with Crippen LogP contribution < -0.4 is 5.73 Å². The predicted octanol–water partition coefficient (Wildman–Crippen LogP) is 1.24. The zero-order valence-electron chi connectivity index (χ0n) is 9.02. The average Bonchev–Trinajstić information content (AvgIpc) is 2.12. The summed E-state index contributed by atoms with van der Waals surface area (Å²) in [6.45, 7) is 2.63. The molecule has 0 aromatic carbocycles. The van der Waals surface area contributed by atoms with Gasteiger partial charge in [0.2, 0.25) is 0 Å². The van der Waals surface area contributed by atoms with Crippen LogP contribution in [0.4, 0.5) is 13.2 Å². The quantitative estimate of drug-likeness (QED) is 0.679. The van der Waals surface area contributed by atoms with Crippen molar-refractivity contribution in [1.29, 1.82) is 0 Å². The Morgan fingerprint density at radius 1 is 1.20 bits per heavy atom. The molecule has 2 N–H and O–H groups in total. The van der Waals surface area contributed by atoms with Gasteiger partial charge >= 0.3 is 6.18 Å². The maximum absolute atomic E-state index is 11.9. The van der Waals surface area contributed by atoms with Gasteiger partial charge in [0.05, 0.1) is 6.61 Å². The summed E-state index contributed by atoms with van der Waals surface area (Å²) in [6.07, 6.45) is -4.68. The maximum atomic E-state index is 11.9. The van der Waals surface area contributed by atoms with Crippen molar-refractivity contribution in [3.63, 3.8) is 0 Å². The highest BCUT2D eigenvalue weighted by molar-refractivity contribution is 4.60. The number of nitrogens with zero attached hydrogens (tertiary/aromatic N) is 1. The van der Waals surface area contributed by atoms with E-state index in [-0.39, 0.29) is 6.42 Å². The van der Waals surface area contributed by atoms with Crippen LogP contribution in [0.3, 0.4) is 0 Å². The van der Waals surface area contributed by atoms with E-state index in [1.807, 2.05) is 4.90 Å². The third-order valence-corrected chi connectivity index (χ3v) is 1.99. The Balaban J connectivity index is 3.65. The molecule has 0 unspecified atom stereocenters. The summed E-state index contributed by atoms with van der Waals surface area (Å²) < 4.78 is 40.5. The van der Waals surface area contributed by atoms with Crippen molar-refractivity contribution in [2.45, 2.75) is 19.0 Å². The zero-order valence-corrected chi connectivity index (χ0v) is 9.02. The standard InChI is InChI=1S/C9H19F3N2O/c1-15-8-7-14(6-4-13)5-2-3-9(10,11)12/h2-8,13H2,1H3. The van der Waals surface area contributed by atoms with Crippen LogP contribution in [0.25, 0.3) is 0 Å². The molecule has 0 fully saturated rings. The molecular formula is C9H19F3N2O. The number of hydrogen-bond acceptors (Lipinski definition) is 3. The Morgan fingerprint density at radius 3 is 2.33 bits per heavy atom. The number of hydrogen-bond donors (Lipinski definition) is 1. The van der Waals surface area contributed by atoms with Crippen LogP contribution in [-0.2, 0) is 4.74 Å². The van der Waals surface area contributed by atoms with E-state index in [4.69, 9.17) is 10.5 Å². The van der Waals surface area contributed by atoms with Crippen LogP contribution in [0.15, 0.2) is 0 Å². The molecule has 0 aromatic heterocycles. The van der Waals surface area contributed by atoms with Gasteiger partial charge in [-0.1, -0.05) is 0 Å². The highest BCUT2D eigenvalue weighted by Crippen LogP contribution is 2.21. The summed E-state index contributed by atoms with van der Waals surface area (Å²) in [5, 5.41) is 0. The molecule has 0 radical (unpaired) electrons. The molecule has 0 aliphatic rings. The van der Waals surface area contributed by atoms with Gasteiger partial charge in [-0.05, 0) is 13.0 Å². The van der Waals surface area contributed by atoms with Crippen molar-refractivity contribution in [3.8, 4) is 0 Å². The largest absolute Gasteiger partial charge is 0.389 e. The van der Waals surface area contributed by atoms with Crippen molar-refractivity contribution in [1.82, 2.24) is 4.90 Å². The van der Waals surface area contributed by atoms with E-state index in [1.165, 1.54) is 0 Å². The molecule has 0 rings (SSSR count). The second kappa shape index (κ2) is 7.90. The monoisotopic (exact) mass is 228 g/mol. The van der Waals surface area contributed by atoms with Gasteiger partial charge in [-0.25, -0.2) is 0 Å².